The number of carbonyl (C=O) groups is 2. The third kappa shape index (κ3) is 7.27. The van der Waals surface area contributed by atoms with E-state index in [-0.39, 0.29) is 24.3 Å². The molecule has 0 aromatic carbocycles. The van der Waals surface area contributed by atoms with Crippen LogP contribution in [0.4, 0.5) is 9.59 Å². The number of hydrogen-bond donors (Lipinski definition) is 1. The number of rotatable bonds is 2. The maximum atomic E-state index is 13.2. The lowest BCUT2D eigenvalue weighted by atomic mass is 9.68. The highest BCUT2D eigenvalue weighted by atomic mass is 16.6. The van der Waals surface area contributed by atoms with Gasteiger partial charge in [-0.15, -0.1) is 0 Å². The van der Waals surface area contributed by atoms with E-state index in [0.29, 0.717) is 29.6 Å². The van der Waals surface area contributed by atoms with Crippen molar-refractivity contribution < 1.29 is 19.1 Å². The average Bonchev–Trinajstić information content (AvgIpc) is 2.71. The van der Waals surface area contributed by atoms with Gasteiger partial charge in [-0.25, -0.2) is 9.59 Å². The zero-order chi connectivity index (χ0) is 26.1. The number of carbonyl (C=O) groups excluding carboxylic acids is 2. The summed E-state index contributed by atoms with van der Waals surface area (Å²) in [6.07, 6.45) is 3.65. The molecule has 0 spiro atoms. The maximum absolute atomic E-state index is 13.2. The first-order valence-corrected chi connectivity index (χ1v) is 13.9. The van der Waals surface area contributed by atoms with Crippen LogP contribution >= 0.6 is 0 Å². The van der Waals surface area contributed by atoms with E-state index in [4.69, 9.17) is 9.47 Å². The van der Waals surface area contributed by atoms with Gasteiger partial charge in [0.2, 0.25) is 0 Å². The summed E-state index contributed by atoms with van der Waals surface area (Å²) in [5, 5.41) is 3.70. The van der Waals surface area contributed by atoms with Gasteiger partial charge in [-0.2, -0.15) is 0 Å². The molecule has 0 aromatic heterocycles. The Labute approximate surface area is 213 Å². The van der Waals surface area contributed by atoms with Crippen molar-refractivity contribution in [3.8, 4) is 0 Å². The van der Waals surface area contributed by atoms with Crippen LogP contribution in [-0.4, -0.2) is 71.5 Å². The number of nitrogens with zero attached hydrogens (tertiary/aromatic N) is 2. The Hall–Kier alpha value is -1.50. The summed E-state index contributed by atoms with van der Waals surface area (Å²) in [5.41, 5.74) is -1.01. The summed E-state index contributed by atoms with van der Waals surface area (Å²) in [5.74, 6) is 2.18. The minimum absolute atomic E-state index is 0.148. The molecular weight excluding hydrogens is 442 g/mol. The molecule has 3 aliphatic heterocycles. The average molecular weight is 494 g/mol. The lowest BCUT2D eigenvalue weighted by Crippen LogP contribution is -2.61. The highest BCUT2D eigenvalue weighted by molar-refractivity contribution is 5.69. The van der Waals surface area contributed by atoms with Crippen molar-refractivity contribution >= 4 is 12.2 Å². The molecule has 7 nitrogen and oxygen atoms in total. The van der Waals surface area contributed by atoms with Crippen molar-refractivity contribution in [1.82, 2.24) is 15.1 Å². The van der Waals surface area contributed by atoms with Crippen molar-refractivity contribution in [2.75, 3.05) is 26.2 Å². The molecule has 3 rings (SSSR count). The van der Waals surface area contributed by atoms with E-state index in [9.17, 15) is 9.59 Å². The Kier molecular flexibility index (Phi) is 8.71. The van der Waals surface area contributed by atoms with Gasteiger partial charge in [0.15, 0.2) is 0 Å². The fourth-order valence-corrected chi connectivity index (χ4v) is 6.35. The van der Waals surface area contributed by atoms with Crippen LogP contribution in [0.25, 0.3) is 0 Å². The van der Waals surface area contributed by atoms with E-state index >= 15 is 0 Å². The first-order chi connectivity index (χ1) is 16.2. The van der Waals surface area contributed by atoms with Gasteiger partial charge in [0, 0.05) is 38.3 Å². The summed E-state index contributed by atoms with van der Waals surface area (Å²) in [4.78, 5) is 30.4. The second kappa shape index (κ2) is 10.9. The van der Waals surface area contributed by atoms with Crippen molar-refractivity contribution in [2.24, 2.45) is 29.6 Å². The topological polar surface area (TPSA) is 71.1 Å². The molecule has 0 aromatic rings. The molecule has 202 valence electrons. The Morgan fingerprint density at radius 2 is 1.09 bits per heavy atom. The summed E-state index contributed by atoms with van der Waals surface area (Å²) in [6, 6.07) is 0.296. The van der Waals surface area contributed by atoms with E-state index in [1.54, 1.807) is 0 Å². The number of ether oxygens (including phenoxy) is 2. The SMILES string of the molecule is CC1CCN(C(=O)OC(C)(C)C)C(C2CNCC(C3CC(C)CCN3C(=O)OC(C)(C)C)C2C)C1. The van der Waals surface area contributed by atoms with Crippen LogP contribution in [0.1, 0.15) is 88.0 Å². The van der Waals surface area contributed by atoms with Crippen molar-refractivity contribution in [1.29, 1.82) is 0 Å². The van der Waals surface area contributed by atoms with Gasteiger partial charge in [-0.1, -0.05) is 20.8 Å². The molecule has 2 amide bonds. The van der Waals surface area contributed by atoms with Gasteiger partial charge in [0.25, 0.3) is 0 Å². The number of hydrogen-bond acceptors (Lipinski definition) is 5. The molecule has 0 radical (unpaired) electrons. The summed E-state index contributed by atoms with van der Waals surface area (Å²) in [7, 11) is 0. The molecule has 0 saturated carbocycles. The van der Waals surface area contributed by atoms with Gasteiger partial charge in [-0.05, 0) is 96.8 Å². The maximum Gasteiger partial charge on any atom is 0.410 e. The molecule has 3 heterocycles. The summed E-state index contributed by atoms with van der Waals surface area (Å²) < 4.78 is 11.6. The molecule has 0 aliphatic carbocycles. The van der Waals surface area contributed by atoms with Crippen LogP contribution in [-0.2, 0) is 9.47 Å². The highest BCUT2D eigenvalue weighted by Gasteiger charge is 2.47. The standard InChI is InChI=1S/C28H51N3O4/c1-18-10-12-30(25(32)34-27(4,5)6)23(14-18)21-16-29-17-22(20(21)3)24-15-19(2)11-13-31(24)26(33)35-28(7,8)9/h18-24,29H,10-17H2,1-9H3. The smallest absolute Gasteiger partial charge is 0.410 e. The van der Waals surface area contributed by atoms with Crippen LogP contribution in [0.2, 0.25) is 0 Å². The minimum Gasteiger partial charge on any atom is -0.444 e. The van der Waals surface area contributed by atoms with E-state index in [0.717, 1.165) is 51.9 Å². The van der Waals surface area contributed by atoms with Crippen LogP contribution in [0.5, 0.6) is 0 Å². The molecule has 1 N–H and O–H groups in total. The fraction of sp³-hybridized carbons (Fsp3) is 0.929. The van der Waals surface area contributed by atoms with Gasteiger partial charge in [0.05, 0.1) is 0 Å². The zero-order valence-corrected chi connectivity index (χ0v) is 23.7. The largest absolute Gasteiger partial charge is 0.444 e. The van der Waals surface area contributed by atoms with Crippen LogP contribution in [0, 0.1) is 29.6 Å². The van der Waals surface area contributed by atoms with E-state index < -0.39 is 11.2 Å². The Bertz CT molecular complexity index is 683. The molecular formula is C28H51N3O4. The van der Waals surface area contributed by atoms with Gasteiger partial charge < -0.3 is 24.6 Å². The summed E-state index contributed by atoms with van der Waals surface area (Å²) >= 11 is 0. The number of piperidine rings is 3. The number of likely N-dealkylation sites (tertiary alicyclic amines) is 2. The van der Waals surface area contributed by atoms with Gasteiger partial charge in [0.1, 0.15) is 11.2 Å². The molecule has 3 fully saturated rings. The van der Waals surface area contributed by atoms with Crippen molar-refractivity contribution in [3.63, 3.8) is 0 Å². The first kappa shape index (κ1) is 28.1. The van der Waals surface area contributed by atoms with Crippen LogP contribution < -0.4 is 5.32 Å². The second-order valence-corrected chi connectivity index (χ2v) is 13.6. The zero-order valence-electron chi connectivity index (χ0n) is 23.7. The van der Waals surface area contributed by atoms with Gasteiger partial charge in [-0.3, -0.25) is 0 Å². The van der Waals surface area contributed by atoms with Gasteiger partial charge >= 0.3 is 12.2 Å². The predicted molar refractivity (Wildman–Crippen MR) is 139 cm³/mol. The number of amides is 2. The molecule has 3 aliphatic rings. The Balaban J connectivity index is 1.82. The van der Waals surface area contributed by atoms with Crippen molar-refractivity contribution in [2.45, 2.75) is 111 Å². The monoisotopic (exact) mass is 493 g/mol. The summed E-state index contributed by atoms with van der Waals surface area (Å²) in [6.45, 7) is 21.8. The normalized spacial score (nSPS) is 34.9. The molecule has 6 unspecified atom stereocenters. The quantitative estimate of drug-likeness (QED) is 0.548. The molecule has 6 atom stereocenters. The predicted octanol–water partition coefficient (Wildman–Crippen LogP) is 5.53. The number of nitrogens with one attached hydrogen (secondary N) is 1. The van der Waals surface area contributed by atoms with Crippen LogP contribution in [0.15, 0.2) is 0 Å². The fourth-order valence-electron chi connectivity index (χ4n) is 6.35. The third-order valence-electron chi connectivity index (χ3n) is 8.17. The second-order valence-electron chi connectivity index (χ2n) is 13.6. The third-order valence-corrected chi connectivity index (χ3v) is 8.17. The van der Waals surface area contributed by atoms with E-state index in [2.05, 4.69) is 26.1 Å². The lowest BCUT2D eigenvalue weighted by Gasteiger charge is -2.51. The Morgan fingerprint density at radius 1 is 0.714 bits per heavy atom. The van der Waals surface area contributed by atoms with Crippen LogP contribution in [0.3, 0.4) is 0 Å². The van der Waals surface area contributed by atoms with Crippen molar-refractivity contribution in [3.05, 3.63) is 0 Å². The minimum atomic E-state index is -0.504. The first-order valence-electron chi connectivity index (χ1n) is 13.9. The van der Waals surface area contributed by atoms with E-state index in [1.807, 2.05) is 51.3 Å². The Morgan fingerprint density at radius 3 is 1.43 bits per heavy atom. The highest BCUT2D eigenvalue weighted by Crippen LogP contribution is 2.40. The molecule has 35 heavy (non-hydrogen) atoms. The van der Waals surface area contributed by atoms with E-state index in [1.165, 1.54) is 0 Å². The molecule has 0 bridgehead atoms. The lowest BCUT2D eigenvalue weighted by molar-refractivity contribution is -0.0364. The molecule has 3 saturated heterocycles. The molecule has 7 heteroatoms.